The highest BCUT2D eigenvalue weighted by molar-refractivity contribution is 6.08. The van der Waals surface area contributed by atoms with Crippen LogP contribution in [0.1, 0.15) is 23.2 Å². The van der Waals surface area contributed by atoms with Crippen molar-refractivity contribution in [3.63, 3.8) is 0 Å². The molecule has 1 aliphatic heterocycles. The number of carbonyl (C=O) groups excluding carboxylic acids is 1. The Bertz CT molecular complexity index is 568. The van der Waals surface area contributed by atoms with E-state index in [1.165, 1.54) is 0 Å². The summed E-state index contributed by atoms with van der Waals surface area (Å²) < 4.78 is 5.31. The van der Waals surface area contributed by atoms with Crippen molar-refractivity contribution >= 4 is 16.6 Å². The fourth-order valence-corrected chi connectivity index (χ4v) is 2.49. The molecule has 2 heterocycles. The quantitative estimate of drug-likeness (QED) is 0.759. The Kier molecular flexibility index (Phi) is 3.07. The van der Waals surface area contributed by atoms with Crippen molar-refractivity contribution in [1.29, 1.82) is 0 Å². The summed E-state index contributed by atoms with van der Waals surface area (Å²) in [5.41, 5.74) is 0.750. The third-order valence-electron chi connectivity index (χ3n) is 3.53. The molecule has 0 unspecified atom stereocenters. The van der Waals surface area contributed by atoms with E-state index in [4.69, 9.17) is 4.74 Å². The topological polar surface area (TPSA) is 39.2 Å². The van der Waals surface area contributed by atoms with Gasteiger partial charge in [0.1, 0.15) is 0 Å². The van der Waals surface area contributed by atoms with E-state index in [9.17, 15) is 4.79 Å². The van der Waals surface area contributed by atoms with Crippen LogP contribution < -0.4 is 0 Å². The van der Waals surface area contributed by atoms with Crippen LogP contribution in [0.15, 0.2) is 36.7 Å². The highest BCUT2D eigenvalue weighted by Gasteiger charge is 2.24. The number of nitrogens with zero attached hydrogens (tertiary/aromatic N) is 1. The molecular formula is C15H15NO2. The maximum Gasteiger partial charge on any atom is 0.168 e. The number of Topliss-reactive ketones (excluding diaryl/α,β-unsaturated/α-hetero) is 1. The molecule has 3 nitrogen and oxygen atoms in total. The van der Waals surface area contributed by atoms with Crippen LogP contribution in [0, 0.1) is 5.92 Å². The molecule has 1 aromatic heterocycles. The van der Waals surface area contributed by atoms with Crippen molar-refractivity contribution in [3.8, 4) is 0 Å². The number of aromatic nitrogens is 1. The van der Waals surface area contributed by atoms with Gasteiger partial charge < -0.3 is 4.74 Å². The van der Waals surface area contributed by atoms with Crippen molar-refractivity contribution in [1.82, 2.24) is 4.98 Å². The van der Waals surface area contributed by atoms with Gasteiger partial charge in [-0.1, -0.05) is 24.3 Å². The average Bonchev–Trinajstić information content (AvgIpc) is 2.47. The molecule has 3 heteroatoms. The Hall–Kier alpha value is -1.74. The standard InChI is InChI=1S/C15H15NO2/c17-15(11-5-7-18-8-6-11)14-10-16-9-12-3-1-2-4-13(12)14/h1-4,9-11H,5-8H2. The van der Waals surface area contributed by atoms with Crippen LogP contribution in [0.2, 0.25) is 0 Å². The normalized spacial score (nSPS) is 16.9. The van der Waals surface area contributed by atoms with Crippen LogP contribution in [0.3, 0.4) is 0 Å². The zero-order valence-electron chi connectivity index (χ0n) is 10.1. The van der Waals surface area contributed by atoms with E-state index in [1.54, 1.807) is 12.4 Å². The van der Waals surface area contributed by atoms with Gasteiger partial charge in [-0.25, -0.2) is 0 Å². The van der Waals surface area contributed by atoms with Gasteiger partial charge in [-0.05, 0) is 18.2 Å². The number of benzene rings is 1. The van der Waals surface area contributed by atoms with Crippen LogP contribution in [0.4, 0.5) is 0 Å². The van der Waals surface area contributed by atoms with E-state index >= 15 is 0 Å². The smallest absolute Gasteiger partial charge is 0.168 e. The highest BCUT2D eigenvalue weighted by atomic mass is 16.5. The van der Waals surface area contributed by atoms with Gasteiger partial charge in [-0.2, -0.15) is 0 Å². The lowest BCUT2D eigenvalue weighted by molar-refractivity contribution is 0.0546. The Morgan fingerprint density at radius 1 is 1.17 bits per heavy atom. The van der Waals surface area contributed by atoms with Gasteiger partial charge in [-0.15, -0.1) is 0 Å². The maximum absolute atomic E-state index is 12.5. The van der Waals surface area contributed by atoms with Gasteiger partial charge in [0.15, 0.2) is 5.78 Å². The van der Waals surface area contributed by atoms with Crippen molar-refractivity contribution < 1.29 is 9.53 Å². The SMILES string of the molecule is O=C(c1cncc2ccccc12)C1CCOCC1. The number of ketones is 1. The summed E-state index contributed by atoms with van der Waals surface area (Å²) in [6, 6.07) is 7.91. The molecule has 2 aromatic rings. The van der Waals surface area contributed by atoms with E-state index in [0.29, 0.717) is 13.2 Å². The molecule has 0 amide bonds. The first-order chi connectivity index (χ1) is 8.86. The summed E-state index contributed by atoms with van der Waals surface area (Å²) in [6.07, 6.45) is 5.14. The summed E-state index contributed by atoms with van der Waals surface area (Å²) in [6.45, 7) is 1.38. The third-order valence-corrected chi connectivity index (χ3v) is 3.53. The summed E-state index contributed by atoms with van der Waals surface area (Å²) in [5.74, 6) is 0.300. The molecule has 0 N–H and O–H groups in total. The van der Waals surface area contributed by atoms with E-state index in [0.717, 1.165) is 29.2 Å². The number of pyridine rings is 1. The molecule has 1 aliphatic rings. The first-order valence-electron chi connectivity index (χ1n) is 6.31. The van der Waals surface area contributed by atoms with E-state index in [1.807, 2.05) is 24.3 Å². The fraction of sp³-hybridized carbons (Fsp3) is 0.333. The number of hydrogen-bond donors (Lipinski definition) is 0. The van der Waals surface area contributed by atoms with Gasteiger partial charge in [0, 0.05) is 42.5 Å². The molecule has 0 saturated carbocycles. The maximum atomic E-state index is 12.5. The number of ether oxygens (including phenoxy) is 1. The monoisotopic (exact) mass is 241 g/mol. The lowest BCUT2D eigenvalue weighted by Gasteiger charge is -2.21. The second-order valence-corrected chi connectivity index (χ2v) is 4.66. The minimum atomic E-state index is 0.0892. The van der Waals surface area contributed by atoms with Crippen molar-refractivity contribution in [2.24, 2.45) is 5.92 Å². The van der Waals surface area contributed by atoms with E-state index in [2.05, 4.69) is 4.98 Å². The van der Waals surface area contributed by atoms with E-state index in [-0.39, 0.29) is 11.7 Å². The summed E-state index contributed by atoms with van der Waals surface area (Å²) in [5, 5.41) is 2.03. The molecule has 0 bridgehead atoms. The Morgan fingerprint density at radius 2 is 1.94 bits per heavy atom. The number of hydrogen-bond acceptors (Lipinski definition) is 3. The molecule has 1 aromatic carbocycles. The minimum absolute atomic E-state index is 0.0892. The van der Waals surface area contributed by atoms with Crippen molar-refractivity contribution in [2.45, 2.75) is 12.8 Å². The molecule has 18 heavy (non-hydrogen) atoms. The van der Waals surface area contributed by atoms with Gasteiger partial charge in [0.05, 0.1) is 0 Å². The average molecular weight is 241 g/mol. The lowest BCUT2D eigenvalue weighted by atomic mass is 9.90. The molecule has 3 rings (SSSR count). The zero-order chi connectivity index (χ0) is 12.4. The lowest BCUT2D eigenvalue weighted by Crippen LogP contribution is -2.23. The Balaban J connectivity index is 2.00. The predicted molar refractivity (Wildman–Crippen MR) is 69.6 cm³/mol. The first-order valence-corrected chi connectivity index (χ1v) is 6.31. The van der Waals surface area contributed by atoms with Crippen LogP contribution >= 0.6 is 0 Å². The zero-order valence-corrected chi connectivity index (χ0v) is 10.1. The Morgan fingerprint density at radius 3 is 2.78 bits per heavy atom. The second-order valence-electron chi connectivity index (χ2n) is 4.66. The van der Waals surface area contributed by atoms with Crippen molar-refractivity contribution in [3.05, 3.63) is 42.2 Å². The molecular weight excluding hydrogens is 226 g/mol. The second kappa shape index (κ2) is 4.86. The largest absolute Gasteiger partial charge is 0.381 e. The van der Waals surface area contributed by atoms with Crippen LogP contribution in [0.5, 0.6) is 0 Å². The third kappa shape index (κ3) is 2.02. The first kappa shape index (κ1) is 11.4. The molecule has 92 valence electrons. The molecule has 1 saturated heterocycles. The molecule has 0 aliphatic carbocycles. The van der Waals surface area contributed by atoms with Gasteiger partial charge in [0.2, 0.25) is 0 Å². The molecule has 0 radical (unpaired) electrons. The van der Waals surface area contributed by atoms with Crippen LogP contribution in [0.25, 0.3) is 10.8 Å². The minimum Gasteiger partial charge on any atom is -0.381 e. The highest BCUT2D eigenvalue weighted by Crippen LogP contribution is 2.24. The van der Waals surface area contributed by atoms with Crippen LogP contribution in [-0.2, 0) is 4.74 Å². The summed E-state index contributed by atoms with van der Waals surface area (Å²) >= 11 is 0. The number of carbonyl (C=O) groups is 1. The molecule has 1 fully saturated rings. The number of rotatable bonds is 2. The summed E-state index contributed by atoms with van der Waals surface area (Å²) in [4.78, 5) is 16.7. The van der Waals surface area contributed by atoms with Crippen LogP contribution in [-0.4, -0.2) is 24.0 Å². The summed E-state index contributed by atoms with van der Waals surface area (Å²) in [7, 11) is 0. The van der Waals surface area contributed by atoms with E-state index < -0.39 is 0 Å². The number of fused-ring (bicyclic) bond motifs is 1. The van der Waals surface area contributed by atoms with Gasteiger partial charge >= 0.3 is 0 Å². The molecule has 0 spiro atoms. The molecule has 0 atom stereocenters. The fourth-order valence-electron chi connectivity index (χ4n) is 2.49. The predicted octanol–water partition coefficient (Wildman–Crippen LogP) is 2.84. The van der Waals surface area contributed by atoms with Gasteiger partial charge in [-0.3, -0.25) is 9.78 Å². The van der Waals surface area contributed by atoms with Gasteiger partial charge in [0.25, 0.3) is 0 Å². The Labute approximate surface area is 106 Å². The van der Waals surface area contributed by atoms with Crippen molar-refractivity contribution in [2.75, 3.05) is 13.2 Å².